The molecule has 6 nitrogen and oxygen atoms in total. The third kappa shape index (κ3) is 7.37. The van der Waals surface area contributed by atoms with Gasteiger partial charge in [-0.1, -0.05) is 53.9 Å². The van der Waals surface area contributed by atoms with Gasteiger partial charge in [-0.15, -0.1) is 10.2 Å². The molecule has 1 amide bonds. The Balaban J connectivity index is 1.46. The number of aromatic nitrogens is 2. The van der Waals surface area contributed by atoms with Crippen molar-refractivity contribution in [3.8, 4) is 5.75 Å². The van der Waals surface area contributed by atoms with Crippen LogP contribution in [0.5, 0.6) is 5.75 Å². The van der Waals surface area contributed by atoms with Crippen molar-refractivity contribution < 1.29 is 14.3 Å². The number of hydrogen-bond donors (Lipinski definition) is 1. The Morgan fingerprint density at radius 2 is 1.68 bits per heavy atom. The summed E-state index contributed by atoms with van der Waals surface area (Å²) in [5, 5.41) is 11.2. The van der Waals surface area contributed by atoms with Crippen molar-refractivity contribution >= 4 is 52.2 Å². The predicted octanol–water partition coefficient (Wildman–Crippen LogP) is 5.55. The van der Waals surface area contributed by atoms with Gasteiger partial charge in [0.15, 0.2) is 14.5 Å². The molecule has 0 saturated carbocycles. The van der Waals surface area contributed by atoms with Gasteiger partial charge in [0.05, 0.1) is 12.9 Å². The van der Waals surface area contributed by atoms with Crippen LogP contribution in [0.15, 0.2) is 57.2 Å². The third-order valence-electron chi connectivity index (χ3n) is 4.20. The van der Waals surface area contributed by atoms with Crippen LogP contribution < -0.4 is 10.1 Å². The summed E-state index contributed by atoms with van der Waals surface area (Å²) in [4.78, 5) is 24.1. The predicted molar refractivity (Wildman–Crippen MR) is 127 cm³/mol. The van der Waals surface area contributed by atoms with Crippen LogP contribution in [0.3, 0.4) is 0 Å². The quantitative estimate of drug-likeness (QED) is 0.289. The number of nitrogens with one attached hydrogen (secondary N) is 1. The van der Waals surface area contributed by atoms with Crippen molar-refractivity contribution in [2.75, 3.05) is 18.2 Å². The van der Waals surface area contributed by atoms with Gasteiger partial charge in [-0.3, -0.25) is 9.59 Å². The minimum atomic E-state index is -0.0194. The molecule has 2 aromatic carbocycles. The van der Waals surface area contributed by atoms with Crippen molar-refractivity contribution in [1.29, 1.82) is 0 Å². The molecule has 3 rings (SSSR count). The number of carbonyl (C=O) groups is 2. The second-order valence-electron chi connectivity index (χ2n) is 6.56. The molecule has 0 aliphatic rings. The van der Waals surface area contributed by atoms with Gasteiger partial charge in [-0.25, -0.2) is 0 Å². The summed E-state index contributed by atoms with van der Waals surface area (Å²) in [6.45, 7) is 1.96. The highest BCUT2D eigenvalue weighted by Crippen LogP contribution is 2.31. The fourth-order valence-corrected chi connectivity index (χ4v) is 5.45. The van der Waals surface area contributed by atoms with E-state index in [4.69, 9.17) is 4.74 Å². The van der Waals surface area contributed by atoms with E-state index in [1.807, 2.05) is 31.2 Å². The average molecular weight is 474 g/mol. The number of hydrogen-bond acceptors (Lipinski definition) is 8. The Kier molecular flexibility index (Phi) is 8.93. The van der Waals surface area contributed by atoms with Gasteiger partial charge in [-0.05, 0) is 48.4 Å². The van der Waals surface area contributed by atoms with E-state index in [1.165, 1.54) is 28.7 Å². The van der Waals surface area contributed by atoms with Crippen LogP contribution in [0.4, 0.5) is 5.69 Å². The lowest BCUT2D eigenvalue weighted by molar-refractivity contribution is -0.116. The fourth-order valence-electron chi connectivity index (χ4n) is 2.58. The maximum Gasteiger partial charge on any atom is 0.224 e. The molecule has 0 aliphatic carbocycles. The van der Waals surface area contributed by atoms with Crippen LogP contribution in [0.2, 0.25) is 0 Å². The first kappa shape index (κ1) is 23.3. The van der Waals surface area contributed by atoms with E-state index in [0.717, 1.165) is 26.6 Å². The summed E-state index contributed by atoms with van der Waals surface area (Å²) >= 11 is 4.50. The van der Waals surface area contributed by atoms with E-state index < -0.39 is 0 Å². The number of nitrogens with zero attached hydrogens (tertiary/aromatic N) is 2. The van der Waals surface area contributed by atoms with Crippen molar-refractivity contribution in [2.45, 2.75) is 34.2 Å². The molecule has 0 aliphatic heterocycles. The molecule has 162 valence electrons. The van der Waals surface area contributed by atoms with Crippen LogP contribution in [-0.2, 0) is 10.5 Å². The van der Waals surface area contributed by atoms with Crippen LogP contribution in [-0.4, -0.2) is 34.8 Å². The zero-order chi connectivity index (χ0) is 22.1. The molecule has 1 aromatic heterocycles. The zero-order valence-electron chi connectivity index (χ0n) is 17.3. The van der Waals surface area contributed by atoms with Crippen molar-refractivity contribution in [1.82, 2.24) is 10.2 Å². The monoisotopic (exact) mass is 473 g/mol. The van der Waals surface area contributed by atoms with Crippen molar-refractivity contribution in [3.05, 3.63) is 59.7 Å². The third-order valence-corrected chi connectivity index (χ3v) is 7.46. The van der Waals surface area contributed by atoms with Gasteiger partial charge in [-0.2, -0.15) is 0 Å². The summed E-state index contributed by atoms with van der Waals surface area (Å²) in [7, 11) is 1.65. The second kappa shape index (κ2) is 11.9. The van der Waals surface area contributed by atoms with Gasteiger partial charge in [0, 0.05) is 23.4 Å². The smallest absolute Gasteiger partial charge is 0.224 e. The molecule has 0 saturated heterocycles. The number of thioether (sulfide) groups is 2. The number of ether oxygens (including phenoxy) is 1. The SMILES string of the molecule is CCCC(=O)Nc1ccc(C(=O)CSc2nnc(SCc3ccc(OC)cc3)s2)cc1. The first-order chi connectivity index (χ1) is 15.1. The lowest BCUT2D eigenvalue weighted by Crippen LogP contribution is -2.10. The van der Waals surface area contributed by atoms with E-state index in [9.17, 15) is 9.59 Å². The Labute approximate surface area is 194 Å². The van der Waals surface area contributed by atoms with E-state index in [2.05, 4.69) is 15.5 Å². The standard InChI is InChI=1S/C22H23N3O3S3/c1-3-4-20(27)23-17-9-7-16(8-10-17)19(26)14-30-22-25-24-21(31-22)29-13-15-5-11-18(28-2)12-6-15/h5-12H,3-4,13-14H2,1-2H3,(H,23,27). The Morgan fingerprint density at radius 1 is 1.00 bits per heavy atom. The molecular formula is C22H23N3O3S3. The van der Waals surface area contributed by atoms with E-state index in [1.54, 1.807) is 43.1 Å². The van der Waals surface area contributed by atoms with Gasteiger partial charge < -0.3 is 10.1 Å². The highest BCUT2D eigenvalue weighted by Gasteiger charge is 2.11. The normalized spacial score (nSPS) is 10.6. The zero-order valence-corrected chi connectivity index (χ0v) is 19.7. The minimum Gasteiger partial charge on any atom is -0.497 e. The molecule has 1 heterocycles. The van der Waals surface area contributed by atoms with Crippen molar-refractivity contribution in [2.24, 2.45) is 0 Å². The molecule has 0 radical (unpaired) electrons. The number of anilines is 1. The number of amides is 1. The lowest BCUT2D eigenvalue weighted by Gasteiger charge is -2.05. The Bertz CT molecular complexity index is 1000. The molecule has 3 aromatic rings. The first-order valence-corrected chi connectivity index (χ1v) is 12.5. The highest BCUT2D eigenvalue weighted by atomic mass is 32.2. The number of Topliss-reactive ketones (excluding diaryl/α,β-unsaturated/α-hetero) is 1. The Morgan fingerprint density at radius 3 is 2.32 bits per heavy atom. The molecule has 1 N–H and O–H groups in total. The molecule has 0 atom stereocenters. The van der Waals surface area contributed by atoms with Gasteiger partial charge in [0.25, 0.3) is 0 Å². The molecule has 31 heavy (non-hydrogen) atoms. The van der Waals surface area contributed by atoms with E-state index in [-0.39, 0.29) is 11.7 Å². The summed E-state index contributed by atoms with van der Waals surface area (Å²) < 4.78 is 6.81. The maximum absolute atomic E-state index is 12.5. The summed E-state index contributed by atoms with van der Waals surface area (Å²) in [5.74, 6) is 1.92. The van der Waals surface area contributed by atoms with Crippen LogP contribution >= 0.6 is 34.9 Å². The van der Waals surface area contributed by atoms with Crippen LogP contribution in [0.1, 0.15) is 35.7 Å². The van der Waals surface area contributed by atoms with Crippen LogP contribution in [0.25, 0.3) is 0 Å². The van der Waals surface area contributed by atoms with E-state index >= 15 is 0 Å². The van der Waals surface area contributed by atoms with E-state index in [0.29, 0.717) is 23.4 Å². The van der Waals surface area contributed by atoms with Gasteiger partial charge in [0.2, 0.25) is 5.91 Å². The number of rotatable bonds is 11. The number of ketones is 1. The summed E-state index contributed by atoms with van der Waals surface area (Å²) in [6, 6.07) is 14.9. The lowest BCUT2D eigenvalue weighted by atomic mass is 10.1. The summed E-state index contributed by atoms with van der Waals surface area (Å²) in [5.41, 5.74) is 2.49. The molecule has 9 heteroatoms. The molecule has 0 unspecified atom stereocenters. The minimum absolute atomic E-state index is 0.0130. The number of benzene rings is 2. The summed E-state index contributed by atoms with van der Waals surface area (Å²) in [6.07, 6.45) is 1.28. The maximum atomic E-state index is 12.5. The fraction of sp³-hybridized carbons (Fsp3) is 0.273. The van der Waals surface area contributed by atoms with Crippen molar-refractivity contribution in [3.63, 3.8) is 0 Å². The first-order valence-electron chi connectivity index (χ1n) is 9.72. The molecule has 0 fully saturated rings. The molecular weight excluding hydrogens is 450 g/mol. The average Bonchev–Trinajstić information content (AvgIpc) is 3.25. The van der Waals surface area contributed by atoms with Gasteiger partial charge >= 0.3 is 0 Å². The second-order valence-corrected chi connectivity index (χ2v) is 9.98. The Hall–Kier alpha value is -2.36. The van der Waals surface area contributed by atoms with Crippen LogP contribution in [0, 0.1) is 0 Å². The van der Waals surface area contributed by atoms with Gasteiger partial charge in [0.1, 0.15) is 5.75 Å². The molecule has 0 bridgehead atoms. The number of methoxy groups -OCH3 is 1. The molecule has 0 spiro atoms. The highest BCUT2D eigenvalue weighted by molar-refractivity contribution is 8.03. The number of carbonyl (C=O) groups excluding carboxylic acids is 2. The largest absolute Gasteiger partial charge is 0.497 e. The topological polar surface area (TPSA) is 81.2 Å².